The zero-order chi connectivity index (χ0) is 16.4. The summed E-state index contributed by atoms with van der Waals surface area (Å²) in [4.78, 5) is 13.0. The maximum absolute atomic E-state index is 6.36. The second-order valence-electron chi connectivity index (χ2n) is 4.70. The largest absolute Gasteiger partial charge is 0.497 e. The first kappa shape index (κ1) is 15.8. The first-order chi connectivity index (χ1) is 11.1. The minimum atomic E-state index is 0.374. The molecule has 3 aromatic rings. The minimum absolute atomic E-state index is 0.374. The van der Waals surface area contributed by atoms with E-state index in [1.807, 2.05) is 24.5 Å². The number of fused-ring (bicyclic) bond motifs is 1. The predicted octanol–water partition coefficient (Wildman–Crippen LogP) is 4.08. The molecular formula is C16H14ClN3O2S. The molecule has 0 spiro atoms. The van der Waals surface area contributed by atoms with Crippen LogP contribution in [-0.2, 0) is 0 Å². The third-order valence-electron chi connectivity index (χ3n) is 3.34. The van der Waals surface area contributed by atoms with E-state index >= 15 is 0 Å². The average molecular weight is 348 g/mol. The highest BCUT2D eigenvalue weighted by Gasteiger charge is 2.12. The van der Waals surface area contributed by atoms with Crippen molar-refractivity contribution in [3.05, 3.63) is 35.6 Å². The summed E-state index contributed by atoms with van der Waals surface area (Å²) in [6.07, 6.45) is 3.66. The van der Waals surface area contributed by atoms with Gasteiger partial charge in [0.15, 0.2) is 10.8 Å². The van der Waals surface area contributed by atoms with E-state index in [0.717, 1.165) is 16.5 Å². The zero-order valence-corrected chi connectivity index (χ0v) is 14.4. The Labute approximate surface area is 143 Å². The molecule has 118 valence electrons. The Hall–Kier alpha value is -2.05. The van der Waals surface area contributed by atoms with Gasteiger partial charge in [0.2, 0.25) is 0 Å². The Morgan fingerprint density at radius 3 is 2.30 bits per heavy atom. The monoisotopic (exact) mass is 347 g/mol. The molecule has 7 heteroatoms. The molecule has 0 saturated heterocycles. The van der Waals surface area contributed by atoms with Crippen LogP contribution in [0.4, 0.5) is 0 Å². The fraction of sp³-hybridized carbons (Fsp3) is 0.188. The highest BCUT2D eigenvalue weighted by Crippen LogP contribution is 2.34. The van der Waals surface area contributed by atoms with Crippen molar-refractivity contribution in [1.82, 2.24) is 15.0 Å². The molecule has 0 amide bonds. The number of thioether (sulfide) groups is 1. The number of aromatic nitrogens is 3. The van der Waals surface area contributed by atoms with Crippen molar-refractivity contribution in [2.24, 2.45) is 0 Å². The Bertz CT molecular complexity index is 851. The van der Waals surface area contributed by atoms with Gasteiger partial charge in [0.1, 0.15) is 16.7 Å². The van der Waals surface area contributed by atoms with Crippen molar-refractivity contribution in [2.45, 2.75) is 5.16 Å². The summed E-state index contributed by atoms with van der Waals surface area (Å²) in [5.74, 6) is 1.37. The standard InChI is InChI=1S/C16H14ClN3O2S/c1-21-11-4-9(5-12(7-11)22-2)13-6-10-8-18-16(23-3)20-15(10)19-14(13)17/h4-8H,1-3H3. The number of nitrogens with zero attached hydrogens (tertiary/aromatic N) is 3. The van der Waals surface area contributed by atoms with E-state index in [1.54, 1.807) is 26.5 Å². The van der Waals surface area contributed by atoms with E-state index in [0.29, 0.717) is 27.5 Å². The van der Waals surface area contributed by atoms with E-state index in [4.69, 9.17) is 21.1 Å². The lowest BCUT2D eigenvalue weighted by molar-refractivity contribution is 0.394. The number of methoxy groups -OCH3 is 2. The summed E-state index contributed by atoms with van der Waals surface area (Å²) < 4.78 is 10.6. The molecule has 1 aromatic carbocycles. The summed E-state index contributed by atoms with van der Waals surface area (Å²) in [6, 6.07) is 7.49. The molecule has 0 aliphatic rings. The Morgan fingerprint density at radius 2 is 1.70 bits per heavy atom. The first-order valence-electron chi connectivity index (χ1n) is 6.75. The fourth-order valence-electron chi connectivity index (χ4n) is 2.19. The zero-order valence-electron chi connectivity index (χ0n) is 12.8. The van der Waals surface area contributed by atoms with Crippen LogP contribution in [0.25, 0.3) is 22.2 Å². The molecule has 0 radical (unpaired) electrons. The van der Waals surface area contributed by atoms with E-state index in [1.165, 1.54) is 11.8 Å². The summed E-state index contributed by atoms with van der Waals surface area (Å²) in [7, 11) is 3.22. The number of hydrogen-bond donors (Lipinski definition) is 0. The van der Waals surface area contributed by atoms with E-state index in [9.17, 15) is 0 Å². The van der Waals surface area contributed by atoms with Crippen LogP contribution in [-0.4, -0.2) is 35.4 Å². The van der Waals surface area contributed by atoms with Gasteiger partial charge < -0.3 is 9.47 Å². The number of ether oxygens (including phenoxy) is 2. The van der Waals surface area contributed by atoms with Gasteiger partial charge in [-0.2, -0.15) is 0 Å². The quantitative estimate of drug-likeness (QED) is 0.402. The predicted molar refractivity (Wildman–Crippen MR) is 92.7 cm³/mol. The molecule has 3 rings (SSSR count). The molecule has 0 aliphatic heterocycles. The van der Waals surface area contributed by atoms with Crippen molar-refractivity contribution in [3.63, 3.8) is 0 Å². The first-order valence-corrected chi connectivity index (χ1v) is 8.35. The van der Waals surface area contributed by atoms with Crippen LogP contribution in [0.1, 0.15) is 0 Å². The van der Waals surface area contributed by atoms with Gasteiger partial charge in [0, 0.05) is 23.2 Å². The summed E-state index contributed by atoms with van der Waals surface area (Å²) in [5.41, 5.74) is 2.21. The molecule has 0 unspecified atom stereocenters. The minimum Gasteiger partial charge on any atom is -0.497 e. The second kappa shape index (κ2) is 6.60. The van der Waals surface area contributed by atoms with Crippen molar-refractivity contribution >= 4 is 34.4 Å². The van der Waals surface area contributed by atoms with Crippen molar-refractivity contribution in [3.8, 4) is 22.6 Å². The van der Waals surface area contributed by atoms with Crippen LogP contribution in [0.2, 0.25) is 5.15 Å². The smallest absolute Gasteiger partial charge is 0.189 e. The molecular weight excluding hydrogens is 334 g/mol. The van der Waals surface area contributed by atoms with E-state index < -0.39 is 0 Å². The summed E-state index contributed by atoms with van der Waals surface area (Å²) in [5, 5.41) is 1.86. The normalized spacial score (nSPS) is 10.8. The van der Waals surface area contributed by atoms with Gasteiger partial charge in [-0.1, -0.05) is 23.4 Å². The van der Waals surface area contributed by atoms with Gasteiger partial charge in [0.25, 0.3) is 0 Å². The lowest BCUT2D eigenvalue weighted by atomic mass is 10.1. The third-order valence-corrected chi connectivity index (χ3v) is 4.19. The highest BCUT2D eigenvalue weighted by molar-refractivity contribution is 7.98. The van der Waals surface area contributed by atoms with Crippen LogP contribution in [0.5, 0.6) is 11.5 Å². The molecule has 23 heavy (non-hydrogen) atoms. The summed E-state index contributed by atoms with van der Waals surface area (Å²) in [6.45, 7) is 0. The second-order valence-corrected chi connectivity index (χ2v) is 5.83. The van der Waals surface area contributed by atoms with Gasteiger partial charge in [-0.05, 0) is 30.0 Å². The van der Waals surface area contributed by atoms with Gasteiger partial charge in [-0.25, -0.2) is 15.0 Å². The van der Waals surface area contributed by atoms with E-state index in [-0.39, 0.29) is 0 Å². The lowest BCUT2D eigenvalue weighted by Crippen LogP contribution is -1.94. The Morgan fingerprint density at radius 1 is 1.00 bits per heavy atom. The van der Waals surface area contributed by atoms with Gasteiger partial charge >= 0.3 is 0 Å². The molecule has 2 heterocycles. The number of hydrogen-bond acceptors (Lipinski definition) is 6. The molecule has 2 aromatic heterocycles. The van der Waals surface area contributed by atoms with Crippen molar-refractivity contribution in [1.29, 1.82) is 0 Å². The van der Waals surface area contributed by atoms with Crippen LogP contribution < -0.4 is 9.47 Å². The van der Waals surface area contributed by atoms with Crippen molar-refractivity contribution < 1.29 is 9.47 Å². The van der Waals surface area contributed by atoms with Crippen molar-refractivity contribution in [2.75, 3.05) is 20.5 Å². The van der Waals surface area contributed by atoms with Crippen LogP contribution >= 0.6 is 23.4 Å². The lowest BCUT2D eigenvalue weighted by Gasteiger charge is -2.10. The Kier molecular flexibility index (Phi) is 4.54. The fourth-order valence-corrected chi connectivity index (χ4v) is 2.77. The molecule has 5 nitrogen and oxygen atoms in total. The van der Waals surface area contributed by atoms with Crippen LogP contribution in [0.3, 0.4) is 0 Å². The summed E-state index contributed by atoms with van der Waals surface area (Å²) >= 11 is 7.83. The number of pyridine rings is 1. The molecule has 0 bridgehead atoms. The van der Waals surface area contributed by atoms with Crippen LogP contribution in [0, 0.1) is 0 Å². The average Bonchev–Trinajstić information content (AvgIpc) is 2.59. The third kappa shape index (κ3) is 3.18. The molecule has 0 N–H and O–H groups in total. The highest BCUT2D eigenvalue weighted by atomic mass is 35.5. The number of rotatable bonds is 4. The van der Waals surface area contributed by atoms with Gasteiger partial charge in [0.05, 0.1) is 14.2 Å². The number of halogens is 1. The van der Waals surface area contributed by atoms with Crippen LogP contribution in [0.15, 0.2) is 35.6 Å². The van der Waals surface area contributed by atoms with Gasteiger partial charge in [-0.15, -0.1) is 0 Å². The molecule has 0 saturated carbocycles. The molecule has 0 aliphatic carbocycles. The maximum Gasteiger partial charge on any atom is 0.189 e. The van der Waals surface area contributed by atoms with E-state index in [2.05, 4.69) is 15.0 Å². The topological polar surface area (TPSA) is 57.1 Å². The maximum atomic E-state index is 6.36. The van der Waals surface area contributed by atoms with Gasteiger partial charge in [-0.3, -0.25) is 0 Å². The molecule has 0 atom stereocenters. The SMILES string of the molecule is COc1cc(OC)cc(-c2cc3cnc(SC)nc3nc2Cl)c1. The number of benzene rings is 1. The Balaban J connectivity index is 2.18. The molecule has 0 fully saturated rings.